The van der Waals surface area contributed by atoms with Crippen LogP contribution in [-0.4, -0.2) is 47.9 Å². The van der Waals surface area contributed by atoms with Gasteiger partial charge in [0.25, 0.3) is 0 Å². The average molecular weight is 347 g/mol. The number of rotatable bonds is 4. The predicted octanol–water partition coefficient (Wildman–Crippen LogP) is 1.19. The van der Waals surface area contributed by atoms with Crippen molar-refractivity contribution in [3.05, 3.63) is 29.8 Å². The number of aliphatic imine (C=N–C) groups is 1. The van der Waals surface area contributed by atoms with Crippen LogP contribution >= 0.6 is 11.8 Å². The van der Waals surface area contributed by atoms with Gasteiger partial charge in [-0.15, -0.1) is 0 Å². The first-order valence-corrected chi connectivity index (χ1v) is 8.57. The first kappa shape index (κ1) is 16.5. The first-order chi connectivity index (χ1) is 11.6. The topological polar surface area (TPSA) is 88.1 Å². The molecule has 0 radical (unpaired) electrons. The number of benzene rings is 1. The van der Waals surface area contributed by atoms with Crippen molar-refractivity contribution in [2.24, 2.45) is 4.99 Å². The van der Waals surface area contributed by atoms with E-state index in [-0.39, 0.29) is 18.2 Å². The monoisotopic (exact) mass is 347 g/mol. The van der Waals surface area contributed by atoms with E-state index in [2.05, 4.69) is 10.3 Å². The lowest BCUT2D eigenvalue weighted by atomic mass is 10.2. The molecule has 1 aromatic carbocycles. The van der Waals surface area contributed by atoms with Gasteiger partial charge < -0.3 is 10.1 Å². The summed E-state index contributed by atoms with van der Waals surface area (Å²) in [6.07, 6.45) is 0.143. The van der Waals surface area contributed by atoms with Gasteiger partial charge in [-0.2, -0.15) is 0 Å². The summed E-state index contributed by atoms with van der Waals surface area (Å²) in [6, 6.07) is 6.27. The number of thioether (sulfide) groups is 1. The normalized spacial score (nSPS) is 20.1. The number of hydrogen-bond acceptors (Lipinski definition) is 7. The van der Waals surface area contributed by atoms with E-state index in [0.717, 1.165) is 6.54 Å². The molecule has 0 aliphatic carbocycles. The van der Waals surface area contributed by atoms with E-state index in [1.807, 2.05) is 0 Å². The number of carbonyl (C=O) groups excluding carboxylic acids is 3. The molecule has 1 aromatic rings. The Hall–Kier alpha value is -2.35. The van der Waals surface area contributed by atoms with Crippen LogP contribution in [0.1, 0.15) is 23.7 Å². The van der Waals surface area contributed by atoms with Crippen molar-refractivity contribution < 1.29 is 19.1 Å². The van der Waals surface area contributed by atoms with Crippen LogP contribution in [0.25, 0.3) is 0 Å². The highest BCUT2D eigenvalue weighted by Crippen LogP contribution is 2.30. The molecule has 1 atom stereocenters. The van der Waals surface area contributed by atoms with Gasteiger partial charge in [0.05, 0.1) is 24.4 Å². The predicted molar refractivity (Wildman–Crippen MR) is 91.2 cm³/mol. The second-order valence-corrected chi connectivity index (χ2v) is 6.45. The Morgan fingerprint density at radius 2 is 2.12 bits per heavy atom. The number of amides is 2. The van der Waals surface area contributed by atoms with E-state index in [4.69, 9.17) is 4.74 Å². The molecule has 7 nitrogen and oxygen atoms in total. The van der Waals surface area contributed by atoms with Crippen LogP contribution in [0.3, 0.4) is 0 Å². The van der Waals surface area contributed by atoms with Crippen molar-refractivity contribution in [3.8, 4) is 0 Å². The molecule has 1 fully saturated rings. The summed E-state index contributed by atoms with van der Waals surface area (Å²) in [5.41, 5.74) is 0.845. The lowest BCUT2D eigenvalue weighted by Gasteiger charge is -2.15. The quantitative estimate of drug-likeness (QED) is 0.650. The smallest absolute Gasteiger partial charge is 0.338 e. The number of esters is 1. The van der Waals surface area contributed by atoms with Gasteiger partial charge in [0.2, 0.25) is 11.8 Å². The van der Waals surface area contributed by atoms with E-state index < -0.39 is 11.2 Å². The van der Waals surface area contributed by atoms with E-state index in [1.165, 1.54) is 16.7 Å². The number of amidine groups is 1. The third kappa shape index (κ3) is 3.28. The molecule has 3 rings (SSSR count). The van der Waals surface area contributed by atoms with E-state index in [0.29, 0.717) is 29.6 Å². The fourth-order valence-corrected chi connectivity index (χ4v) is 3.57. The van der Waals surface area contributed by atoms with Crippen LogP contribution in [0.5, 0.6) is 0 Å². The molecule has 0 aromatic heterocycles. The summed E-state index contributed by atoms with van der Waals surface area (Å²) < 4.78 is 4.92. The average Bonchev–Trinajstić information content (AvgIpc) is 3.17. The molecule has 8 heteroatoms. The number of nitrogens with one attached hydrogen (secondary N) is 1. The minimum Gasteiger partial charge on any atom is -0.462 e. The van der Waals surface area contributed by atoms with Gasteiger partial charge in [-0.1, -0.05) is 11.8 Å². The number of ether oxygens (including phenoxy) is 1. The summed E-state index contributed by atoms with van der Waals surface area (Å²) in [6.45, 7) is 3.47. The fraction of sp³-hybridized carbons (Fsp3) is 0.375. The summed E-state index contributed by atoms with van der Waals surface area (Å²) in [4.78, 5) is 41.8. The molecular weight excluding hydrogens is 330 g/mol. The zero-order chi connectivity index (χ0) is 17.1. The Morgan fingerprint density at radius 3 is 2.75 bits per heavy atom. The van der Waals surface area contributed by atoms with Crippen molar-refractivity contribution in [2.75, 3.05) is 24.6 Å². The van der Waals surface area contributed by atoms with Gasteiger partial charge in [0, 0.05) is 13.0 Å². The molecule has 1 N–H and O–H groups in total. The Kier molecular flexibility index (Phi) is 4.84. The Morgan fingerprint density at radius 1 is 1.38 bits per heavy atom. The maximum atomic E-state index is 12.5. The second-order valence-electron chi connectivity index (χ2n) is 5.26. The van der Waals surface area contributed by atoms with Crippen LogP contribution in [0.2, 0.25) is 0 Å². The van der Waals surface area contributed by atoms with Gasteiger partial charge in [0.1, 0.15) is 5.25 Å². The first-order valence-electron chi connectivity index (χ1n) is 7.69. The molecule has 24 heavy (non-hydrogen) atoms. The van der Waals surface area contributed by atoms with Gasteiger partial charge in [-0.05, 0) is 31.2 Å². The van der Waals surface area contributed by atoms with Crippen molar-refractivity contribution in [1.29, 1.82) is 0 Å². The number of hydrogen-bond donors (Lipinski definition) is 1. The largest absolute Gasteiger partial charge is 0.462 e. The van der Waals surface area contributed by atoms with Crippen LogP contribution in [-0.2, 0) is 14.3 Å². The molecule has 2 aliphatic rings. The number of imide groups is 1. The molecule has 2 amide bonds. The highest BCUT2D eigenvalue weighted by atomic mass is 32.2. The highest BCUT2D eigenvalue weighted by molar-refractivity contribution is 8.15. The third-order valence-corrected chi connectivity index (χ3v) is 4.79. The minimum absolute atomic E-state index is 0.143. The van der Waals surface area contributed by atoms with E-state index >= 15 is 0 Å². The Labute approximate surface area is 143 Å². The lowest BCUT2D eigenvalue weighted by Crippen LogP contribution is -2.32. The SMILES string of the molecule is CCOC(=O)c1ccc(N2C(=O)CC(SC3=NCCN3)C2=O)cc1. The van der Waals surface area contributed by atoms with Crippen molar-refractivity contribution in [3.63, 3.8) is 0 Å². The van der Waals surface area contributed by atoms with Gasteiger partial charge >= 0.3 is 5.97 Å². The van der Waals surface area contributed by atoms with Crippen molar-refractivity contribution in [2.45, 2.75) is 18.6 Å². The zero-order valence-electron chi connectivity index (χ0n) is 13.2. The maximum Gasteiger partial charge on any atom is 0.338 e. The molecule has 2 heterocycles. The van der Waals surface area contributed by atoms with Crippen molar-refractivity contribution >= 4 is 40.4 Å². The molecule has 0 bridgehead atoms. The second kappa shape index (κ2) is 7.04. The standard InChI is InChI=1S/C16H17N3O4S/c1-2-23-15(22)10-3-5-11(6-4-10)19-13(20)9-12(14(19)21)24-16-17-7-8-18-16/h3-6,12H,2,7-9H2,1H3,(H,17,18). The van der Waals surface area contributed by atoms with Crippen LogP contribution in [0.15, 0.2) is 29.3 Å². The van der Waals surface area contributed by atoms with Crippen LogP contribution in [0, 0.1) is 0 Å². The van der Waals surface area contributed by atoms with Gasteiger partial charge in [-0.25, -0.2) is 9.69 Å². The minimum atomic E-state index is -0.466. The maximum absolute atomic E-state index is 12.5. The fourth-order valence-electron chi connectivity index (χ4n) is 2.52. The summed E-state index contributed by atoms with van der Waals surface area (Å²) in [7, 11) is 0. The van der Waals surface area contributed by atoms with Crippen LogP contribution < -0.4 is 10.2 Å². The molecule has 0 saturated carbocycles. The Bertz CT molecular complexity index is 702. The molecule has 126 valence electrons. The molecular formula is C16H17N3O4S. The Balaban J connectivity index is 1.73. The summed E-state index contributed by atoms with van der Waals surface area (Å²) in [5.74, 6) is -0.938. The highest BCUT2D eigenvalue weighted by Gasteiger charge is 2.41. The zero-order valence-corrected chi connectivity index (χ0v) is 14.0. The van der Waals surface area contributed by atoms with Gasteiger partial charge in [-0.3, -0.25) is 14.6 Å². The number of nitrogens with zero attached hydrogens (tertiary/aromatic N) is 2. The molecule has 2 aliphatic heterocycles. The van der Waals surface area contributed by atoms with Gasteiger partial charge in [0.15, 0.2) is 5.17 Å². The third-order valence-electron chi connectivity index (χ3n) is 3.64. The number of anilines is 1. The molecule has 1 saturated heterocycles. The molecule has 1 unspecified atom stereocenters. The number of carbonyl (C=O) groups is 3. The lowest BCUT2D eigenvalue weighted by molar-refractivity contribution is -0.121. The van der Waals surface area contributed by atoms with E-state index in [1.54, 1.807) is 31.2 Å². The van der Waals surface area contributed by atoms with Crippen molar-refractivity contribution in [1.82, 2.24) is 5.32 Å². The van der Waals surface area contributed by atoms with E-state index in [9.17, 15) is 14.4 Å². The summed E-state index contributed by atoms with van der Waals surface area (Å²) >= 11 is 1.29. The molecule has 0 spiro atoms. The van der Waals surface area contributed by atoms with Crippen LogP contribution in [0.4, 0.5) is 5.69 Å². The summed E-state index contributed by atoms with van der Waals surface area (Å²) in [5, 5.41) is 3.33.